The molecule has 106 valence electrons. The number of nitrogens with one attached hydrogen (secondary N) is 1. The van der Waals surface area contributed by atoms with Gasteiger partial charge in [-0.1, -0.05) is 0 Å². The number of ether oxygens (including phenoxy) is 2. The summed E-state index contributed by atoms with van der Waals surface area (Å²) in [7, 11) is 0. The van der Waals surface area contributed by atoms with Crippen molar-refractivity contribution in [1.29, 1.82) is 0 Å². The minimum Gasteiger partial charge on any atom is -0.507 e. The van der Waals surface area contributed by atoms with Crippen molar-refractivity contribution in [2.45, 2.75) is 20.1 Å². The first-order valence-corrected chi connectivity index (χ1v) is 7.16. The van der Waals surface area contributed by atoms with E-state index in [1.807, 2.05) is 13.8 Å². The van der Waals surface area contributed by atoms with Crippen LogP contribution in [0.2, 0.25) is 0 Å². The lowest BCUT2D eigenvalue weighted by atomic mass is 10.2. The molecule has 0 radical (unpaired) electrons. The normalized spacial score (nSPS) is 10.7. The van der Waals surface area contributed by atoms with Crippen molar-refractivity contribution in [2.75, 3.05) is 19.8 Å². The molecule has 0 saturated heterocycles. The van der Waals surface area contributed by atoms with E-state index in [0.29, 0.717) is 13.2 Å². The third-order valence-electron chi connectivity index (χ3n) is 2.34. The van der Waals surface area contributed by atoms with Gasteiger partial charge >= 0.3 is 0 Å². The second-order valence-corrected chi connectivity index (χ2v) is 4.96. The van der Waals surface area contributed by atoms with E-state index < -0.39 is 6.29 Å². The van der Waals surface area contributed by atoms with Crippen LogP contribution in [-0.4, -0.2) is 37.1 Å². The summed E-state index contributed by atoms with van der Waals surface area (Å²) in [5.74, 6) is -0.386. The van der Waals surface area contributed by atoms with Crippen LogP contribution in [0.25, 0.3) is 0 Å². The van der Waals surface area contributed by atoms with Gasteiger partial charge < -0.3 is 19.9 Å². The number of amides is 1. The van der Waals surface area contributed by atoms with E-state index in [2.05, 4.69) is 27.9 Å². The van der Waals surface area contributed by atoms with Crippen molar-refractivity contribution < 1.29 is 19.4 Å². The smallest absolute Gasteiger partial charge is 0.255 e. The monoisotopic (exact) mass is 379 g/mol. The first-order chi connectivity index (χ1) is 9.08. The lowest BCUT2D eigenvalue weighted by Crippen LogP contribution is -2.35. The second kappa shape index (κ2) is 8.34. The SMILES string of the molecule is CCOC(CNC(=O)c1cc(I)ccc1O)OCC. The molecule has 0 unspecified atom stereocenters. The molecule has 1 aromatic carbocycles. The van der Waals surface area contributed by atoms with E-state index in [9.17, 15) is 9.90 Å². The zero-order chi connectivity index (χ0) is 14.3. The molecule has 1 rings (SSSR count). The van der Waals surface area contributed by atoms with E-state index in [-0.39, 0.29) is 23.8 Å². The maximum atomic E-state index is 11.9. The summed E-state index contributed by atoms with van der Waals surface area (Å²) in [6, 6.07) is 4.86. The first kappa shape index (κ1) is 16.2. The van der Waals surface area contributed by atoms with Crippen LogP contribution in [0.3, 0.4) is 0 Å². The van der Waals surface area contributed by atoms with Crippen LogP contribution in [0.15, 0.2) is 18.2 Å². The van der Waals surface area contributed by atoms with Crippen LogP contribution in [0.4, 0.5) is 0 Å². The maximum absolute atomic E-state index is 11.9. The predicted molar refractivity (Wildman–Crippen MR) is 80.2 cm³/mol. The molecule has 1 amide bonds. The fourth-order valence-electron chi connectivity index (χ4n) is 1.50. The molecular weight excluding hydrogens is 361 g/mol. The Balaban J connectivity index is 2.61. The Kier molecular flexibility index (Phi) is 7.11. The summed E-state index contributed by atoms with van der Waals surface area (Å²) in [4.78, 5) is 11.9. The van der Waals surface area contributed by atoms with Gasteiger partial charge in [0.15, 0.2) is 6.29 Å². The van der Waals surface area contributed by atoms with Gasteiger partial charge in [0.25, 0.3) is 5.91 Å². The van der Waals surface area contributed by atoms with Crippen LogP contribution in [0, 0.1) is 3.57 Å². The quantitative estimate of drug-likeness (QED) is 0.563. The Morgan fingerprint density at radius 2 is 2.00 bits per heavy atom. The summed E-state index contributed by atoms with van der Waals surface area (Å²) in [6.07, 6.45) is -0.469. The molecule has 1 aromatic rings. The molecule has 0 spiro atoms. The number of carbonyl (C=O) groups is 1. The van der Waals surface area contributed by atoms with Crippen molar-refractivity contribution in [2.24, 2.45) is 0 Å². The number of benzene rings is 1. The van der Waals surface area contributed by atoms with Crippen molar-refractivity contribution >= 4 is 28.5 Å². The Bertz CT molecular complexity index is 419. The highest BCUT2D eigenvalue weighted by atomic mass is 127. The maximum Gasteiger partial charge on any atom is 0.255 e. The zero-order valence-corrected chi connectivity index (χ0v) is 13.1. The lowest BCUT2D eigenvalue weighted by molar-refractivity contribution is -0.131. The van der Waals surface area contributed by atoms with Gasteiger partial charge in [-0.25, -0.2) is 0 Å². The molecule has 19 heavy (non-hydrogen) atoms. The standard InChI is InChI=1S/C13H18INO4/c1-3-18-12(19-4-2)8-15-13(17)10-7-9(14)5-6-11(10)16/h5-7,12,16H,3-4,8H2,1-2H3,(H,15,17). The molecule has 0 atom stereocenters. The van der Waals surface area contributed by atoms with Crippen LogP contribution >= 0.6 is 22.6 Å². The number of phenolic OH excluding ortho intramolecular Hbond substituents is 1. The third-order valence-corrected chi connectivity index (χ3v) is 3.01. The molecule has 2 N–H and O–H groups in total. The number of phenols is 1. The van der Waals surface area contributed by atoms with Gasteiger partial charge in [0, 0.05) is 16.8 Å². The van der Waals surface area contributed by atoms with Crippen LogP contribution in [0.1, 0.15) is 24.2 Å². The molecule has 0 fully saturated rings. The predicted octanol–water partition coefficient (Wildman–Crippen LogP) is 2.13. The van der Waals surface area contributed by atoms with Gasteiger partial charge in [0.05, 0.1) is 12.1 Å². The third kappa shape index (κ3) is 5.33. The second-order valence-electron chi connectivity index (χ2n) is 3.71. The minimum absolute atomic E-state index is 0.0396. The van der Waals surface area contributed by atoms with E-state index in [1.54, 1.807) is 12.1 Å². The average molecular weight is 379 g/mol. The highest BCUT2D eigenvalue weighted by Gasteiger charge is 2.14. The van der Waals surface area contributed by atoms with E-state index in [1.165, 1.54) is 6.07 Å². The molecular formula is C13H18INO4. The van der Waals surface area contributed by atoms with Gasteiger partial charge in [0.2, 0.25) is 0 Å². The number of hydrogen-bond acceptors (Lipinski definition) is 4. The molecule has 0 saturated carbocycles. The number of halogens is 1. The van der Waals surface area contributed by atoms with Crippen molar-refractivity contribution in [3.8, 4) is 5.75 Å². The van der Waals surface area contributed by atoms with Crippen LogP contribution in [-0.2, 0) is 9.47 Å². The molecule has 0 aliphatic carbocycles. The Labute approximate surface area is 126 Å². The van der Waals surface area contributed by atoms with Gasteiger partial charge in [-0.2, -0.15) is 0 Å². The number of rotatable bonds is 7. The molecule has 0 heterocycles. The number of hydrogen-bond donors (Lipinski definition) is 2. The lowest BCUT2D eigenvalue weighted by Gasteiger charge is -2.17. The van der Waals surface area contributed by atoms with Gasteiger partial charge in [-0.15, -0.1) is 0 Å². The first-order valence-electron chi connectivity index (χ1n) is 6.08. The average Bonchev–Trinajstić information content (AvgIpc) is 2.39. The fraction of sp³-hybridized carbons (Fsp3) is 0.462. The molecule has 0 aromatic heterocycles. The number of carbonyl (C=O) groups excluding carboxylic acids is 1. The van der Waals surface area contributed by atoms with Gasteiger partial charge in [0.1, 0.15) is 5.75 Å². The zero-order valence-electron chi connectivity index (χ0n) is 11.0. The molecule has 5 nitrogen and oxygen atoms in total. The largest absolute Gasteiger partial charge is 0.507 e. The van der Waals surface area contributed by atoms with Crippen LogP contribution in [0.5, 0.6) is 5.75 Å². The molecule has 0 aliphatic heterocycles. The van der Waals surface area contributed by atoms with Crippen LogP contribution < -0.4 is 5.32 Å². The van der Waals surface area contributed by atoms with Crippen molar-refractivity contribution in [3.05, 3.63) is 27.3 Å². The molecule has 6 heteroatoms. The summed E-state index contributed by atoms with van der Waals surface area (Å²) >= 11 is 2.08. The van der Waals surface area contributed by atoms with Crippen molar-refractivity contribution in [3.63, 3.8) is 0 Å². The summed E-state index contributed by atoms with van der Waals surface area (Å²) in [5.41, 5.74) is 0.249. The summed E-state index contributed by atoms with van der Waals surface area (Å²) < 4.78 is 11.5. The molecule has 0 aliphatic rings. The highest BCUT2D eigenvalue weighted by Crippen LogP contribution is 2.19. The fourth-order valence-corrected chi connectivity index (χ4v) is 1.99. The summed E-state index contributed by atoms with van der Waals surface area (Å²) in [5, 5.41) is 12.3. The topological polar surface area (TPSA) is 67.8 Å². The van der Waals surface area contributed by atoms with E-state index in [0.717, 1.165) is 3.57 Å². The van der Waals surface area contributed by atoms with E-state index in [4.69, 9.17) is 9.47 Å². The number of aromatic hydroxyl groups is 1. The minimum atomic E-state index is -0.469. The molecule has 0 bridgehead atoms. The van der Waals surface area contributed by atoms with Crippen molar-refractivity contribution in [1.82, 2.24) is 5.32 Å². The summed E-state index contributed by atoms with van der Waals surface area (Å²) in [6.45, 7) is 4.98. The van der Waals surface area contributed by atoms with Gasteiger partial charge in [-0.05, 0) is 54.6 Å². The van der Waals surface area contributed by atoms with Gasteiger partial charge in [-0.3, -0.25) is 4.79 Å². The Morgan fingerprint density at radius 3 is 2.58 bits per heavy atom. The van der Waals surface area contributed by atoms with E-state index >= 15 is 0 Å². The Morgan fingerprint density at radius 1 is 1.37 bits per heavy atom. The Hall–Kier alpha value is -0.860. The highest BCUT2D eigenvalue weighted by molar-refractivity contribution is 14.1.